The lowest BCUT2D eigenvalue weighted by atomic mass is 10.2. The molecule has 29 heavy (non-hydrogen) atoms. The molecular formula is C20H24ClN3O4S. The minimum Gasteiger partial charge on any atom is -0.496 e. The Labute approximate surface area is 176 Å². The molecule has 7 nitrogen and oxygen atoms in total. The molecule has 156 valence electrons. The fraction of sp³-hybridized carbons (Fsp3) is 0.350. The van der Waals surface area contributed by atoms with Crippen molar-refractivity contribution >= 4 is 33.2 Å². The molecule has 1 fully saturated rings. The highest BCUT2D eigenvalue weighted by molar-refractivity contribution is 7.89. The lowest BCUT2D eigenvalue weighted by molar-refractivity contribution is 0.0952. The third-order valence-corrected chi connectivity index (χ3v) is 6.93. The van der Waals surface area contributed by atoms with Gasteiger partial charge in [0.05, 0.1) is 17.6 Å². The van der Waals surface area contributed by atoms with Gasteiger partial charge in [0.1, 0.15) is 5.75 Å². The van der Waals surface area contributed by atoms with Gasteiger partial charge in [0.2, 0.25) is 10.0 Å². The summed E-state index contributed by atoms with van der Waals surface area (Å²) in [6, 6.07) is 11.9. The number of rotatable bonds is 6. The summed E-state index contributed by atoms with van der Waals surface area (Å²) >= 11 is 6.06. The molecule has 1 saturated heterocycles. The molecular weight excluding hydrogens is 414 g/mol. The van der Waals surface area contributed by atoms with Crippen LogP contribution in [0.2, 0.25) is 5.02 Å². The molecule has 1 aliphatic heterocycles. The number of carbonyl (C=O) groups excluding carboxylic acids is 1. The van der Waals surface area contributed by atoms with E-state index in [4.69, 9.17) is 16.3 Å². The lowest BCUT2D eigenvalue weighted by Gasteiger charge is -2.35. The van der Waals surface area contributed by atoms with Crippen LogP contribution >= 0.6 is 11.6 Å². The van der Waals surface area contributed by atoms with Crippen LogP contribution in [0.5, 0.6) is 5.75 Å². The third kappa shape index (κ3) is 4.66. The summed E-state index contributed by atoms with van der Waals surface area (Å²) in [6.07, 6.45) is 0. The number of nitrogens with one attached hydrogen (secondary N) is 1. The first kappa shape index (κ1) is 21.4. The van der Waals surface area contributed by atoms with E-state index in [-0.39, 0.29) is 16.4 Å². The number of amides is 1. The average Bonchev–Trinajstić information content (AvgIpc) is 2.73. The first-order chi connectivity index (χ1) is 13.9. The maximum Gasteiger partial charge on any atom is 0.255 e. The number of hydrogen-bond acceptors (Lipinski definition) is 5. The van der Waals surface area contributed by atoms with Crippen molar-refractivity contribution in [3.63, 3.8) is 0 Å². The van der Waals surface area contributed by atoms with Crippen molar-refractivity contribution in [2.75, 3.05) is 44.7 Å². The SMILES string of the molecule is CCNC(=O)c1cc(S(=O)(=O)N2CCN(c3cccc(Cl)c3)CC2)ccc1OC. The van der Waals surface area contributed by atoms with Crippen molar-refractivity contribution in [1.82, 2.24) is 9.62 Å². The van der Waals surface area contributed by atoms with Crippen LogP contribution in [0.1, 0.15) is 17.3 Å². The van der Waals surface area contributed by atoms with E-state index in [9.17, 15) is 13.2 Å². The van der Waals surface area contributed by atoms with Gasteiger partial charge in [-0.1, -0.05) is 17.7 Å². The number of anilines is 1. The minimum atomic E-state index is -3.73. The summed E-state index contributed by atoms with van der Waals surface area (Å²) in [5, 5.41) is 3.33. The van der Waals surface area contributed by atoms with Crippen molar-refractivity contribution in [1.29, 1.82) is 0 Å². The topological polar surface area (TPSA) is 79.0 Å². The monoisotopic (exact) mass is 437 g/mol. The van der Waals surface area contributed by atoms with Crippen LogP contribution in [0.25, 0.3) is 0 Å². The molecule has 0 bridgehead atoms. The molecule has 0 saturated carbocycles. The van der Waals surface area contributed by atoms with Gasteiger partial charge in [0.15, 0.2) is 0 Å². The quantitative estimate of drug-likeness (QED) is 0.751. The summed E-state index contributed by atoms with van der Waals surface area (Å²) in [7, 11) is -2.28. The number of piperazine rings is 1. The Kier molecular flexibility index (Phi) is 6.66. The number of methoxy groups -OCH3 is 1. The Balaban J connectivity index is 1.79. The smallest absolute Gasteiger partial charge is 0.255 e. The minimum absolute atomic E-state index is 0.0794. The van der Waals surface area contributed by atoms with Gasteiger partial charge in [-0.05, 0) is 43.3 Å². The van der Waals surface area contributed by atoms with Crippen LogP contribution < -0.4 is 15.0 Å². The zero-order valence-electron chi connectivity index (χ0n) is 16.4. The van der Waals surface area contributed by atoms with Gasteiger partial charge in [-0.3, -0.25) is 4.79 Å². The maximum atomic E-state index is 13.1. The van der Waals surface area contributed by atoms with E-state index in [1.165, 1.54) is 29.6 Å². The summed E-state index contributed by atoms with van der Waals surface area (Å²) in [5.41, 5.74) is 1.17. The summed E-state index contributed by atoms with van der Waals surface area (Å²) in [4.78, 5) is 14.5. The molecule has 0 unspecified atom stereocenters. The second-order valence-electron chi connectivity index (χ2n) is 6.59. The Morgan fingerprint density at radius 1 is 1.14 bits per heavy atom. The number of sulfonamides is 1. The van der Waals surface area contributed by atoms with Crippen molar-refractivity contribution in [2.24, 2.45) is 0 Å². The van der Waals surface area contributed by atoms with Crippen molar-refractivity contribution < 1.29 is 17.9 Å². The fourth-order valence-corrected chi connectivity index (χ4v) is 4.92. The van der Waals surface area contributed by atoms with Crippen LogP contribution in [-0.2, 0) is 10.0 Å². The van der Waals surface area contributed by atoms with E-state index in [2.05, 4.69) is 10.2 Å². The predicted octanol–water partition coefficient (Wildman–Crippen LogP) is 2.61. The van der Waals surface area contributed by atoms with E-state index >= 15 is 0 Å². The summed E-state index contributed by atoms with van der Waals surface area (Å²) < 4.78 is 32.9. The van der Waals surface area contributed by atoms with E-state index in [0.29, 0.717) is 43.5 Å². The molecule has 0 atom stereocenters. The molecule has 0 aliphatic carbocycles. The van der Waals surface area contributed by atoms with Crippen molar-refractivity contribution in [2.45, 2.75) is 11.8 Å². The van der Waals surface area contributed by atoms with Gasteiger partial charge in [-0.15, -0.1) is 0 Å². The highest BCUT2D eigenvalue weighted by Gasteiger charge is 2.30. The molecule has 9 heteroatoms. The van der Waals surface area contributed by atoms with Gasteiger partial charge in [0.25, 0.3) is 5.91 Å². The Morgan fingerprint density at radius 3 is 2.48 bits per heavy atom. The number of ether oxygens (including phenoxy) is 1. The van der Waals surface area contributed by atoms with Gasteiger partial charge in [-0.2, -0.15) is 4.31 Å². The summed E-state index contributed by atoms with van der Waals surface area (Å²) in [6.45, 7) is 4.03. The Morgan fingerprint density at radius 2 is 1.86 bits per heavy atom. The van der Waals surface area contributed by atoms with E-state index in [1.54, 1.807) is 6.92 Å². The molecule has 0 spiro atoms. The average molecular weight is 438 g/mol. The molecule has 1 heterocycles. The van der Waals surface area contributed by atoms with Crippen LogP contribution in [0, 0.1) is 0 Å². The molecule has 1 amide bonds. The Hall–Kier alpha value is -2.29. The number of nitrogens with zero attached hydrogens (tertiary/aromatic N) is 2. The second-order valence-corrected chi connectivity index (χ2v) is 8.97. The first-order valence-electron chi connectivity index (χ1n) is 9.33. The predicted molar refractivity (Wildman–Crippen MR) is 113 cm³/mol. The van der Waals surface area contributed by atoms with Gasteiger partial charge < -0.3 is 15.0 Å². The molecule has 3 rings (SSSR count). The molecule has 1 aliphatic rings. The molecule has 1 N–H and O–H groups in total. The number of carbonyl (C=O) groups is 1. The Bertz CT molecular complexity index is 989. The van der Waals surface area contributed by atoms with Crippen LogP contribution in [0.4, 0.5) is 5.69 Å². The normalized spacial score (nSPS) is 15.2. The second kappa shape index (κ2) is 9.02. The van der Waals surface area contributed by atoms with Crippen LogP contribution in [0.15, 0.2) is 47.4 Å². The first-order valence-corrected chi connectivity index (χ1v) is 11.2. The largest absolute Gasteiger partial charge is 0.496 e. The zero-order chi connectivity index (χ0) is 21.0. The van der Waals surface area contributed by atoms with E-state index < -0.39 is 10.0 Å². The van der Waals surface area contributed by atoms with Gasteiger partial charge in [0, 0.05) is 43.4 Å². The van der Waals surface area contributed by atoms with Gasteiger partial charge >= 0.3 is 0 Å². The highest BCUT2D eigenvalue weighted by atomic mass is 35.5. The number of benzene rings is 2. The van der Waals surface area contributed by atoms with Gasteiger partial charge in [-0.25, -0.2) is 8.42 Å². The van der Waals surface area contributed by atoms with Crippen LogP contribution in [0.3, 0.4) is 0 Å². The molecule has 0 radical (unpaired) electrons. The van der Waals surface area contributed by atoms with Crippen LogP contribution in [-0.4, -0.2) is 58.5 Å². The zero-order valence-corrected chi connectivity index (χ0v) is 18.0. The molecule has 2 aromatic carbocycles. The van der Waals surface area contributed by atoms with E-state index in [0.717, 1.165) is 5.69 Å². The number of halogens is 1. The molecule has 2 aromatic rings. The fourth-order valence-electron chi connectivity index (χ4n) is 3.29. The third-order valence-electron chi connectivity index (χ3n) is 4.80. The standard InChI is InChI=1S/C20H24ClN3O4S/c1-3-22-20(25)18-14-17(7-8-19(18)28-2)29(26,27)24-11-9-23(10-12-24)16-6-4-5-15(21)13-16/h4-8,13-14H,3,9-12H2,1-2H3,(H,22,25). The van der Waals surface area contributed by atoms with Crippen molar-refractivity contribution in [3.05, 3.63) is 53.1 Å². The summed E-state index contributed by atoms with van der Waals surface area (Å²) in [5.74, 6) is -0.0344. The van der Waals surface area contributed by atoms with E-state index in [1.807, 2.05) is 24.3 Å². The maximum absolute atomic E-state index is 13.1. The lowest BCUT2D eigenvalue weighted by Crippen LogP contribution is -2.48. The highest BCUT2D eigenvalue weighted by Crippen LogP contribution is 2.27. The van der Waals surface area contributed by atoms with Crippen molar-refractivity contribution in [3.8, 4) is 5.75 Å². The number of hydrogen-bond donors (Lipinski definition) is 1. The molecule has 0 aromatic heterocycles.